The number of rotatable bonds is 6. The van der Waals surface area contributed by atoms with Crippen LogP contribution in [0, 0.1) is 0 Å². The van der Waals surface area contributed by atoms with Crippen LogP contribution in [0.4, 0.5) is 0 Å². The van der Waals surface area contributed by atoms with Gasteiger partial charge in [0, 0.05) is 0 Å². The first-order chi connectivity index (χ1) is 9.07. The van der Waals surface area contributed by atoms with Crippen molar-refractivity contribution in [1.29, 1.82) is 0 Å². The van der Waals surface area contributed by atoms with E-state index in [-0.39, 0.29) is 12.1 Å². The maximum absolute atomic E-state index is 12.1. The lowest BCUT2D eigenvalue weighted by atomic mass is 10.1. The second-order valence-electron chi connectivity index (χ2n) is 6.92. The summed E-state index contributed by atoms with van der Waals surface area (Å²) in [4.78, 5) is 12.1. The van der Waals surface area contributed by atoms with Crippen LogP contribution in [0.2, 0.25) is 39.3 Å². The molecule has 0 aliphatic rings. The van der Waals surface area contributed by atoms with Gasteiger partial charge in [-0.15, -0.1) is 0 Å². The fourth-order valence-electron chi connectivity index (χ4n) is 1.86. The lowest BCUT2D eigenvalue weighted by Crippen LogP contribution is -2.33. The Kier molecular flexibility index (Phi) is 5.73. The topological polar surface area (TPSA) is 35.5 Å². The van der Waals surface area contributed by atoms with E-state index in [4.69, 9.17) is 8.85 Å². The predicted octanol–water partition coefficient (Wildman–Crippen LogP) is 4.35. The van der Waals surface area contributed by atoms with E-state index in [1.807, 2.05) is 50.0 Å². The van der Waals surface area contributed by atoms with Gasteiger partial charge in [-0.2, -0.15) is 0 Å². The SMILES string of the molecule is C[Si](C)(C)OC(=O)CC(O[Si](C)(C)C)c1ccccc1. The van der Waals surface area contributed by atoms with Crippen LogP contribution in [0.25, 0.3) is 0 Å². The first kappa shape index (κ1) is 17.1. The van der Waals surface area contributed by atoms with Gasteiger partial charge >= 0.3 is 0 Å². The Labute approximate surface area is 124 Å². The van der Waals surface area contributed by atoms with Crippen molar-refractivity contribution in [1.82, 2.24) is 0 Å². The van der Waals surface area contributed by atoms with Gasteiger partial charge < -0.3 is 8.85 Å². The van der Waals surface area contributed by atoms with Gasteiger partial charge in [0.25, 0.3) is 5.97 Å². The maximum Gasteiger partial charge on any atom is 0.295 e. The molecule has 0 heterocycles. The highest BCUT2D eigenvalue weighted by atomic mass is 28.4. The molecule has 0 aliphatic carbocycles. The fourth-order valence-corrected chi connectivity index (χ4v) is 3.70. The number of hydrogen-bond acceptors (Lipinski definition) is 3. The number of benzene rings is 1. The van der Waals surface area contributed by atoms with Crippen molar-refractivity contribution < 1.29 is 13.6 Å². The summed E-state index contributed by atoms with van der Waals surface area (Å²) in [5.74, 6) is -0.156. The van der Waals surface area contributed by atoms with Crippen LogP contribution in [0.5, 0.6) is 0 Å². The highest BCUT2D eigenvalue weighted by Gasteiger charge is 2.27. The molecule has 112 valence electrons. The monoisotopic (exact) mass is 310 g/mol. The molecule has 0 aliphatic heterocycles. The Bertz CT molecular complexity index is 433. The second-order valence-corrected chi connectivity index (χ2v) is 15.8. The number of carbonyl (C=O) groups is 1. The van der Waals surface area contributed by atoms with Crippen molar-refractivity contribution in [2.45, 2.75) is 51.8 Å². The Morgan fingerprint density at radius 1 is 1.00 bits per heavy atom. The molecule has 0 fully saturated rings. The van der Waals surface area contributed by atoms with Crippen LogP contribution < -0.4 is 0 Å². The molecule has 1 unspecified atom stereocenters. The molecule has 20 heavy (non-hydrogen) atoms. The maximum atomic E-state index is 12.1. The number of carbonyl (C=O) groups excluding carboxylic acids is 1. The quantitative estimate of drug-likeness (QED) is 0.733. The van der Waals surface area contributed by atoms with E-state index in [9.17, 15) is 4.79 Å². The predicted molar refractivity (Wildman–Crippen MR) is 87.7 cm³/mol. The van der Waals surface area contributed by atoms with E-state index in [2.05, 4.69) is 19.6 Å². The molecule has 1 aromatic rings. The molecule has 0 bridgehead atoms. The Balaban J connectivity index is 2.82. The summed E-state index contributed by atoms with van der Waals surface area (Å²) in [5.41, 5.74) is 1.04. The van der Waals surface area contributed by atoms with Gasteiger partial charge in [-0.25, -0.2) is 0 Å². The summed E-state index contributed by atoms with van der Waals surface area (Å²) in [6, 6.07) is 9.92. The van der Waals surface area contributed by atoms with E-state index in [1.165, 1.54) is 0 Å². The van der Waals surface area contributed by atoms with Crippen molar-refractivity contribution in [3.8, 4) is 0 Å². The molecule has 0 radical (unpaired) electrons. The van der Waals surface area contributed by atoms with Crippen LogP contribution in [0.1, 0.15) is 18.1 Å². The normalized spacial score (nSPS) is 13.9. The minimum Gasteiger partial charge on any atom is -0.520 e. The molecule has 0 spiro atoms. The van der Waals surface area contributed by atoms with Crippen molar-refractivity contribution in [3.05, 3.63) is 35.9 Å². The number of hydrogen-bond donors (Lipinski definition) is 0. The molecule has 1 aromatic carbocycles. The van der Waals surface area contributed by atoms with Crippen LogP contribution in [0.3, 0.4) is 0 Å². The lowest BCUT2D eigenvalue weighted by molar-refractivity contribution is -0.137. The van der Waals surface area contributed by atoms with Crippen LogP contribution in [-0.2, 0) is 13.6 Å². The van der Waals surface area contributed by atoms with Crippen molar-refractivity contribution in [2.75, 3.05) is 0 Å². The third kappa shape index (κ3) is 7.02. The van der Waals surface area contributed by atoms with E-state index >= 15 is 0 Å². The second kappa shape index (κ2) is 6.69. The third-order valence-corrected chi connectivity index (χ3v) is 4.27. The standard InChI is InChI=1S/C15H26O3Si2/c1-19(2,3)17-14(13-10-8-7-9-11-13)12-15(16)18-20(4,5)6/h7-11,14H,12H2,1-6H3. The van der Waals surface area contributed by atoms with Crippen LogP contribution in [0.15, 0.2) is 30.3 Å². The minimum absolute atomic E-state index is 0.156. The lowest BCUT2D eigenvalue weighted by Gasteiger charge is -2.27. The van der Waals surface area contributed by atoms with Gasteiger partial charge in [0.15, 0.2) is 8.32 Å². The van der Waals surface area contributed by atoms with E-state index in [0.717, 1.165) is 5.56 Å². The smallest absolute Gasteiger partial charge is 0.295 e. The summed E-state index contributed by atoms with van der Waals surface area (Å²) >= 11 is 0. The highest BCUT2D eigenvalue weighted by molar-refractivity contribution is 6.71. The van der Waals surface area contributed by atoms with Gasteiger partial charge in [0.05, 0.1) is 12.5 Å². The Morgan fingerprint density at radius 3 is 2.00 bits per heavy atom. The third-order valence-electron chi connectivity index (χ3n) is 2.44. The zero-order chi connectivity index (χ0) is 15.4. The summed E-state index contributed by atoms with van der Waals surface area (Å²) in [7, 11) is -3.57. The zero-order valence-electron chi connectivity index (χ0n) is 13.4. The Hall–Kier alpha value is -0.916. The zero-order valence-corrected chi connectivity index (χ0v) is 15.4. The fraction of sp³-hybridized carbons (Fsp3) is 0.533. The van der Waals surface area contributed by atoms with Gasteiger partial charge in [0.2, 0.25) is 8.32 Å². The van der Waals surface area contributed by atoms with Crippen molar-refractivity contribution in [3.63, 3.8) is 0 Å². The van der Waals surface area contributed by atoms with E-state index in [0.29, 0.717) is 6.42 Å². The largest absolute Gasteiger partial charge is 0.520 e. The van der Waals surface area contributed by atoms with Crippen molar-refractivity contribution in [2.24, 2.45) is 0 Å². The van der Waals surface area contributed by atoms with Crippen LogP contribution in [-0.4, -0.2) is 22.6 Å². The molecule has 0 aromatic heterocycles. The summed E-state index contributed by atoms with van der Waals surface area (Å²) < 4.78 is 11.7. The van der Waals surface area contributed by atoms with E-state index < -0.39 is 16.6 Å². The first-order valence-electron chi connectivity index (χ1n) is 7.01. The minimum atomic E-state index is -1.84. The summed E-state index contributed by atoms with van der Waals surface area (Å²) in [6.07, 6.45) is 0.0881. The van der Waals surface area contributed by atoms with Crippen LogP contribution >= 0.6 is 0 Å². The molecular weight excluding hydrogens is 284 g/mol. The highest BCUT2D eigenvalue weighted by Crippen LogP contribution is 2.26. The van der Waals surface area contributed by atoms with Crippen molar-refractivity contribution >= 4 is 22.6 Å². The molecule has 0 saturated heterocycles. The van der Waals surface area contributed by atoms with Gasteiger partial charge in [0.1, 0.15) is 0 Å². The Morgan fingerprint density at radius 2 is 1.55 bits per heavy atom. The summed E-state index contributed by atoms with van der Waals surface area (Å²) in [6.45, 7) is 12.4. The van der Waals surface area contributed by atoms with Gasteiger partial charge in [-0.05, 0) is 44.8 Å². The van der Waals surface area contributed by atoms with E-state index in [1.54, 1.807) is 0 Å². The summed E-state index contributed by atoms with van der Waals surface area (Å²) in [5, 5.41) is 0. The molecule has 3 nitrogen and oxygen atoms in total. The van der Waals surface area contributed by atoms with Gasteiger partial charge in [-0.1, -0.05) is 30.3 Å². The molecule has 1 rings (SSSR count). The molecule has 5 heteroatoms. The average Bonchev–Trinajstić information content (AvgIpc) is 2.25. The molecule has 0 saturated carbocycles. The average molecular weight is 311 g/mol. The molecule has 0 N–H and O–H groups in total. The molecular formula is C15H26O3Si2. The van der Waals surface area contributed by atoms with Gasteiger partial charge in [-0.3, -0.25) is 4.79 Å². The first-order valence-corrected chi connectivity index (χ1v) is 13.8. The molecule has 0 amide bonds. The molecule has 1 atom stereocenters.